The predicted octanol–water partition coefficient (Wildman–Crippen LogP) is 4.51. The Morgan fingerprint density at radius 2 is 1.95 bits per heavy atom. The molecule has 1 aromatic heterocycles. The van der Waals surface area contributed by atoms with Gasteiger partial charge in [-0.3, -0.25) is 0 Å². The minimum absolute atomic E-state index is 0.332. The maximum atomic E-state index is 13.3. The highest BCUT2D eigenvalue weighted by atomic mass is 32.2. The van der Waals surface area contributed by atoms with E-state index in [0.29, 0.717) is 5.56 Å². The summed E-state index contributed by atoms with van der Waals surface area (Å²) in [5, 5.41) is 11.9. The fourth-order valence-corrected chi connectivity index (χ4v) is 3.23. The molecule has 20 heavy (non-hydrogen) atoms. The molecule has 4 heteroatoms. The SMILES string of the molecule is C[C@@H](O)c1cc(F)ccc1Sc1cc2ccccc2[nH]1. The van der Waals surface area contributed by atoms with Crippen LogP contribution in [0.3, 0.4) is 0 Å². The number of halogens is 1. The molecule has 0 saturated heterocycles. The van der Waals surface area contributed by atoms with Crippen molar-refractivity contribution in [2.45, 2.75) is 22.9 Å². The van der Waals surface area contributed by atoms with E-state index >= 15 is 0 Å². The summed E-state index contributed by atoms with van der Waals surface area (Å²) in [6.45, 7) is 1.64. The van der Waals surface area contributed by atoms with E-state index in [1.165, 1.54) is 23.9 Å². The van der Waals surface area contributed by atoms with Gasteiger partial charge in [0, 0.05) is 15.8 Å². The molecule has 0 fully saturated rings. The van der Waals surface area contributed by atoms with Gasteiger partial charge in [0.2, 0.25) is 0 Å². The summed E-state index contributed by atoms with van der Waals surface area (Å²) in [7, 11) is 0. The van der Waals surface area contributed by atoms with Gasteiger partial charge in [0.15, 0.2) is 0 Å². The van der Waals surface area contributed by atoms with Crippen molar-refractivity contribution in [1.82, 2.24) is 4.98 Å². The Morgan fingerprint density at radius 3 is 2.70 bits per heavy atom. The monoisotopic (exact) mass is 287 g/mol. The quantitative estimate of drug-likeness (QED) is 0.743. The molecule has 2 N–H and O–H groups in total. The fraction of sp³-hybridized carbons (Fsp3) is 0.125. The summed E-state index contributed by atoms with van der Waals surface area (Å²) in [6, 6.07) is 14.6. The number of rotatable bonds is 3. The zero-order valence-corrected chi connectivity index (χ0v) is 11.7. The van der Waals surface area contributed by atoms with Crippen LogP contribution in [-0.2, 0) is 0 Å². The van der Waals surface area contributed by atoms with E-state index in [2.05, 4.69) is 11.1 Å². The van der Waals surface area contributed by atoms with Gasteiger partial charge in [-0.2, -0.15) is 0 Å². The van der Waals surface area contributed by atoms with Crippen LogP contribution in [0, 0.1) is 5.82 Å². The van der Waals surface area contributed by atoms with Crippen LogP contribution in [0.4, 0.5) is 4.39 Å². The number of nitrogens with one attached hydrogen (secondary N) is 1. The van der Waals surface area contributed by atoms with Crippen molar-refractivity contribution >= 4 is 22.7 Å². The number of para-hydroxylation sites is 1. The second kappa shape index (κ2) is 5.31. The number of hydrogen-bond acceptors (Lipinski definition) is 2. The number of benzene rings is 2. The van der Waals surface area contributed by atoms with Crippen LogP contribution in [0.15, 0.2) is 58.5 Å². The fourth-order valence-electron chi connectivity index (χ4n) is 2.16. The summed E-state index contributed by atoms with van der Waals surface area (Å²) < 4.78 is 13.3. The van der Waals surface area contributed by atoms with Crippen molar-refractivity contribution in [3.05, 3.63) is 59.9 Å². The average molecular weight is 287 g/mol. The Bertz CT molecular complexity index is 718. The van der Waals surface area contributed by atoms with E-state index in [0.717, 1.165) is 20.8 Å². The summed E-state index contributed by atoms with van der Waals surface area (Å²) in [4.78, 5) is 4.17. The van der Waals surface area contributed by atoms with Crippen molar-refractivity contribution in [3.63, 3.8) is 0 Å². The maximum absolute atomic E-state index is 13.3. The lowest BCUT2D eigenvalue weighted by atomic mass is 10.1. The first-order chi connectivity index (χ1) is 9.63. The molecule has 0 saturated carbocycles. The summed E-state index contributed by atoms with van der Waals surface area (Å²) >= 11 is 1.49. The molecule has 0 amide bonds. The molecule has 102 valence electrons. The molecule has 2 nitrogen and oxygen atoms in total. The number of aromatic nitrogens is 1. The normalized spacial score (nSPS) is 12.8. The highest BCUT2D eigenvalue weighted by Crippen LogP contribution is 2.34. The van der Waals surface area contributed by atoms with Crippen molar-refractivity contribution < 1.29 is 9.50 Å². The highest BCUT2D eigenvalue weighted by molar-refractivity contribution is 7.99. The van der Waals surface area contributed by atoms with Gasteiger partial charge in [0.25, 0.3) is 0 Å². The van der Waals surface area contributed by atoms with Crippen molar-refractivity contribution in [3.8, 4) is 0 Å². The van der Waals surface area contributed by atoms with Crippen molar-refractivity contribution in [1.29, 1.82) is 0 Å². The summed E-state index contributed by atoms with van der Waals surface area (Å²) in [5.41, 5.74) is 1.67. The predicted molar refractivity (Wildman–Crippen MR) is 79.5 cm³/mol. The summed E-state index contributed by atoms with van der Waals surface area (Å²) in [6.07, 6.45) is -0.697. The molecule has 3 aromatic rings. The Balaban J connectivity index is 1.98. The van der Waals surface area contributed by atoms with Gasteiger partial charge < -0.3 is 10.1 Å². The molecule has 0 aliphatic rings. The van der Waals surface area contributed by atoms with Crippen LogP contribution in [0.1, 0.15) is 18.6 Å². The van der Waals surface area contributed by atoms with Gasteiger partial charge in [-0.15, -0.1) is 0 Å². The largest absolute Gasteiger partial charge is 0.389 e. The lowest BCUT2D eigenvalue weighted by Gasteiger charge is -2.10. The zero-order valence-electron chi connectivity index (χ0n) is 10.9. The highest BCUT2D eigenvalue weighted by Gasteiger charge is 2.11. The van der Waals surface area contributed by atoms with Crippen LogP contribution >= 0.6 is 11.8 Å². The minimum Gasteiger partial charge on any atom is -0.389 e. The molecule has 0 aliphatic carbocycles. The van der Waals surface area contributed by atoms with E-state index < -0.39 is 6.10 Å². The molecule has 1 heterocycles. The lowest BCUT2D eigenvalue weighted by molar-refractivity contribution is 0.196. The molecule has 0 unspecified atom stereocenters. The zero-order chi connectivity index (χ0) is 14.1. The van der Waals surface area contributed by atoms with Gasteiger partial charge in [-0.25, -0.2) is 4.39 Å². The van der Waals surface area contributed by atoms with Gasteiger partial charge in [0.05, 0.1) is 11.1 Å². The van der Waals surface area contributed by atoms with Crippen LogP contribution < -0.4 is 0 Å². The van der Waals surface area contributed by atoms with E-state index in [4.69, 9.17) is 0 Å². The van der Waals surface area contributed by atoms with Crippen molar-refractivity contribution in [2.24, 2.45) is 0 Å². The molecular formula is C16H14FNOS. The number of fused-ring (bicyclic) bond motifs is 1. The van der Waals surface area contributed by atoms with Gasteiger partial charge in [-0.05, 0) is 42.8 Å². The Kier molecular flexibility index (Phi) is 3.51. The van der Waals surface area contributed by atoms with Gasteiger partial charge >= 0.3 is 0 Å². The third-order valence-corrected chi connectivity index (χ3v) is 4.18. The lowest BCUT2D eigenvalue weighted by Crippen LogP contribution is -1.95. The van der Waals surface area contributed by atoms with Crippen LogP contribution in [0.2, 0.25) is 0 Å². The molecule has 0 spiro atoms. The first-order valence-electron chi connectivity index (χ1n) is 6.36. The third-order valence-electron chi connectivity index (χ3n) is 3.15. The third kappa shape index (κ3) is 2.57. The number of aliphatic hydroxyl groups is 1. The van der Waals surface area contributed by atoms with Gasteiger partial charge in [0.1, 0.15) is 5.82 Å². The van der Waals surface area contributed by atoms with Crippen molar-refractivity contribution in [2.75, 3.05) is 0 Å². The number of hydrogen-bond donors (Lipinski definition) is 2. The minimum atomic E-state index is -0.697. The first kappa shape index (κ1) is 13.2. The molecule has 0 bridgehead atoms. The molecule has 0 radical (unpaired) electrons. The van der Waals surface area contributed by atoms with Crippen LogP contribution in [-0.4, -0.2) is 10.1 Å². The second-order valence-corrected chi connectivity index (χ2v) is 5.76. The average Bonchev–Trinajstić information content (AvgIpc) is 2.82. The Morgan fingerprint density at radius 1 is 1.15 bits per heavy atom. The molecule has 3 rings (SSSR count). The van der Waals surface area contributed by atoms with E-state index in [-0.39, 0.29) is 5.82 Å². The smallest absolute Gasteiger partial charge is 0.123 e. The van der Waals surface area contributed by atoms with E-state index in [9.17, 15) is 9.50 Å². The topological polar surface area (TPSA) is 36.0 Å². The maximum Gasteiger partial charge on any atom is 0.123 e. The standard InChI is InChI=1S/C16H14FNOS/c1-10(19)13-9-12(17)6-7-15(13)20-16-8-11-4-2-3-5-14(11)18-16/h2-10,18-19H,1H3/t10-/m1/s1. The Labute approximate surface area is 120 Å². The number of H-pyrrole nitrogens is 1. The molecule has 1 atom stereocenters. The molecule has 2 aromatic carbocycles. The Hall–Kier alpha value is -1.78. The number of aliphatic hydroxyl groups excluding tert-OH is 1. The molecular weight excluding hydrogens is 273 g/mol. The van der Waals surface area contributed by atoms with Crippen LogP contribution in [0.25, 0.3) is 10.9 Å². The van der Waals surface area contributed by atoms with E-state index in [1.807, 2.05) is 24.3 Å². The van der Waals surface area contributed by atoms with E-state index in [1.54, 1.807) is 13.0 Å². The molecule has 0 aliphatic heterocycles. The van der Waals surface area contributed by atoms with Crippen LogP contribution in [0.5, 0.6) is 0 Å². The first-order valence-corrected chi connectivity index (χ1v) is 7.18. The van der Waals surface area contributed by atoms with Gasteiger partial charge in [-0.1, -0.05) is 30.0 Å². The number of aromatic amines is 1. The second-order valence-electron chi connectivity index (χ2n) is 4.68. The summed E-state index contributed by atoms with van der Waals surface area (Å²) in [5.74, 6) is -0.332.